The fourth-order valence-electron chi connectivity index (χ4n) is 4.47. The minimum Gasteiger partial charge on any atom is -0.414 e. The van der Waals surface area contributed by atoms with Crippen LogP contribution < -0.4 is 0 Å². The summed E-state index contributed by atoms with van der Waals surface area (Å²) in [5, 5.41) is 0.240. The lowest BCUT2D eigenvalue weighted by molar-refractivity contribution is -0.184. The Labute approximate surface area is 141 Å². The van der Waals surface area contributed by atoms with Gasteiger partial charge in [-0.3, -0.25) is 0 Å². The van der Waals surface area contributed by atoms with E-state index in [-0.39, 0.29) is 11.0 Å². The maximum absolute atomic E-state index is 11.7. The van der Waals surface area contributed by atoms with Crippen molar-refractivity contribution in [2.24, 2.45) is 17.8 Å². The van der Waals surface area contributed by atoms with Crippen LogP contribution >= 0.6 is 0 Å². The topological polar surface area (TPSA) is 44.8 Å². The number of hydrogen-bond acceptors (Lipinski definition) is 4. The summed E-state index contributed by atoms with van der Waals surface area (Å²) in [4.78, 5) is 11.7. The highest BCUT2D eigenvalue weighted by Gasteiger charge is 2.58. The molecule has 3 rings (SSSR count). The SMILES string of the molecule is CC(C)(C)[Si](C)(C)OC1CC[C@@H]2[C@@H](C1)CC1(OCCO1)[C@H]2C=O. The first-order chi connectivity index (χ1) is 10.7. The summed E-state index contributed by atoms with van der Waals surface area (Å²) in [6, 6.07) is 0. The number of aldehydes is 1. The second kappa shape index (κ2) is 5.94. The van der Waals surface area contributed by atoms with E-state index < -0.39 is 14.1 Å². The third-order valence-electron chi connectivity index (χ3n) is 6.70. The van der Waals surface area contributed by atoms with Crippen LogP contribution in [0.3, 0.4) is 0 Å². The van der Waals surface area contributed by atoms with Crippen LogP contribution in [-0.2, 0) is 18.7 Å². The highest BCUT2D eigenvalue weighted by Crippen LogP contribution is 2.54. The van der Waals surface area contributed by atoms with Gasteiger partial charge in [-0.05, 0) is 49.2 Å². The minimum absolute atomic E-state index is 0.0937. The van der Waals surface area contributed by atoms with Gasteiger partial charge in [-0.25, -0.2) is 0 Å². The molecule has 0 radical (unpaired) electrons. The molecule has 4 atom stereocenters. The van der Waals surface area contributed by atoms with Gasteiger partial charge in [-0.1, -0.05) is 20.8 Å². The predicted molar refractivity (Wildman–Crippen MR) is 91.7 cm³/mol. The quantitative estimate of drug-likeness (QED) is 0.580. The molecular formula is C18H32O4Si. The van der Waals surface area contributed by atoms with Crippen molar-refractivity contribution >= 4 is 14.6 Å². The van der Waals surface area contributed by atoms with Gasteiger partial charge in [0.15, 0.2) is 14.1 Å². The number of ether oxygens (including phenoxy) is 2. The minimum atomic E-state index is -1.73. The molecule has 5 heteroatoms. The van der Waals surface area contributed by atoms with Crippen molar-refractivity contribution < 1.29 is 18.7 Å². The predicted octanol–water partition coefficient (Wildman–Crippen LogP) is 3.76. The van der Waals surface area contributed by atoms with E-state index >= 15 is 0 Å². The van der Waals surface area contributed by atoms with E-state index in [1.807, 2.05) is 0 Å². The molecule has 4 nitrogen and oxygen atoms in total. The van der Waals surface area contributed by atoms with E-state index in [0.29, 0.717) is 31.2 Å². The highest BCUT2D eigenvalue weighted by molar-refractivity contribution is 6.74. The van der Waals surface area contributed by atoms with Crippen molar-refractivity contribution in [1.82, 2.24) is 0 Å². The molecule has 0 bridgehead atoms. The number of carbonyl (C=O) groups excluding carboxylic acids is 1. The zero-order valence-corrected chi connectivity index (χ0v) is 16.3. The molecule has 3 fully saturated rings. The van der Waals surface area contributed by atoms with Crippen molar-refractivity contribution in [3.05, 3.63) is 0 Å². The van der Waals surface area contributed by atoms with Gasteiger partial charge >= 0.3 is 0 Å². The highest BCUT2D eigenvalue weighted by atomic mass is 28.4. The second-order valence-electron chi connectivity index (χ2n) is 9.11. The summed E-state index contributed by atoms with van der Waals surface area (Å²) >= 11 is 0. The normalized spacial score (nSPS) is 37.1. The van der Waals surface area contributed by atoms with E-state index in [4.69, 9.17) is 13.9 Å². The molecule has 1 heterocycles. The van der Waals surface area contributed by atoms with Crippen LogP contribution in [0.15, 0.2) is 0 Å². The van der Waals surface area contributed by atoms with Gasteiger partial charge in [0, 0.05) is 12.5 Å². The number of fused-ring (bicyclic) bond motifs is 1. The fraction of sp³-hybridized carbons (Fsp3) is 0.944. The van der Waals surface area contributed by atoms with E-state index in [1.54, 1.807) is 0 Å². The van der Waals surface area contributed by atoms with Gasteiger partial charge in [0.1, 0.15) is 6.29 Å². The lowest BCUT2D eigenvalue weighted by atomic mass is 9.77. The van der Waals surface area contributed by atoms with Crippen molar-refractivity contribution in [3.63, 3.8) is 0 Å². The lowest BCUT2D eigenvalue weighted by Crippen LogP contribution is -2.45. The fourth-order valence-corrected chi connectivity index (χ4v) is 5.87. The Morgan fingerprint density at radius 3 is 2.39 bits per heavy atom. The first kappa shape index (κ1) is 17.6. The van der Waals surface area contributed by atoms with Crippen LogP contribution in [0.1, 0.15) is 46.5 Å². The molecular weight excluding hydrogens is 308 g/mol. The van der Waals surface area contributed by atoms with Crippen LogP contribution in [0.2, 0.25) is 18.1 Å². The Morgan fingerprint density at radius 1 is 1.17 bits per heavy atom. The molecule has 0 amide bonds. The van der Waals surface area contributed by atoms with Crippen LogP contribution in [0.25, 0.3) is 0 Å². The molecule has 1 saturated heterocycles. The average molecular weight is 341 g/mol. The molecule has 3 aliphatic rings. The molecule has 0 N–H and O–H groups in total. The van der Waals surface area contributed by atoms with E-state index in [0.717, 1.165) is 32.0 Å². The van der Waals surface area contributed by atoms with Gasteiger partial charge in [0.05, 0.1) is 19.1 Å². The van der Waals surface area contributed by atoms with Gasteiger partial charge in [-0.15, -0.1) is 0 Å². The first-order valence-corrected chi connectivity index (χ1v) is 12.0. The van der Waals surface area contributed by atoms with Crippen LogP contribution in [0.5, 0.6) is 0 Å². The third kappa shape index (κ3) is 3.05. The molecule has 132 valence electrons. The van der Waals surface area contributed by atoms with Crippen molar-refractivity contribution in [3.8, 4) is 0 Å². The summed E-state index contributed by atoms with van der Waals surface area (Å²) in [5.41, 5.74) is 0. The summed E-state index contributed by atoms with van der Waals surface area (Å²) < 4.78 is 18.4. The standard InChI is InChI=1S/C18H32O4Si/c1-17(2,3)23(4,5)22-14-6-7-15-13(10-14)11-18(16(15)12-19)20-8-9-21-18/h12-16H,6-11H2,1-5H3/t13-,14?,15+,16-/m0/s1. The summed E-state index contributed by atoms with van der Waals surface area (Å²) in [6.07, 6.45) is 5.45. The Kier molecular flexibility index (Phi) is 4.54. The Morgan fingerprint density at radius 2 is 1.83 bits per heavy atom. The zero-order valence-electron chi connectivity index (χ0n) is 15.3. The van der Waals surface area contributed by atoms with Gasteiger partial charge in [-0.2, -0.15) is 0 Å². The summed E-state index contributed by atoms with van der Waals surface area (Å²) in [6.45, 7) is 12.8. The molecule has 1 spiro atoms. The van der Waals surface area contributed by atoms with Crippen molar-refractivity contribution in [2.45, 2.75) is 76.5 Å². The van der Waals surface area contributed by atoms with E-state index in [2.05, 4.69) is 33.9 Å². The van der Waals surface area contributed by atoms with Crippen molar-refractivity contribution in [1.29, 1.82) is 0 Å². The zero-order chi connectivity index (χ0) is 16.9. The van der Waals surface area contributed by atoms with Gasteiger partial charge in [0.25, 0.3) is 0 Å². The second-order valence-corrected chi connectivity index (χ2v) is 13.9. The van der Waals surface area contributed by atoms with Crippen LogP contribution in [-0.4, -0.2) is 39.7 Å². The number of rotatable bonds is 3. The molecule has 2 saturated carbocycles. The monoisotopic (exact) mass is 340 g/mol. The largest absolute Gasteiger partial charge is 0.414 e. The average Bonchev–Trinajstić information content (AvgIpc) is 3.01. The number of carbonyl (C=O) groups is 1. The molecule has 1 unspecified atom stereocenters. The molecule has 0 aromatic carbocycles. The first-order valence-electron chi connectivity index (χ1n) is 9.09. The molecule has 2 aliphatic carbocycles. The van der Waals surface area contributed by atoms with E-state index in [9.17, 15) is 4.79 Å². The molecule has 0 aromatic heterocycles. The molecule has 1 aliphatic heterocycles. The van der Waals surface area contributed by atoms with Crippen molar-refractivity contribution in [2.75, 3.05) is 13.2 Å². The van der Waals surface area contributed by atoms with Gasteiger partial charge in [0.2, 0.25) is 0 Å². The van der Waals surface area contributed by atoms with Crippen LogP contribution in [0, 0.1) is 17.8 Å². The molecule has 23 heavy (non-hydrogen) atoms. The maximum atomic E-state index is 11.7. The lowest BCUT2D eigenvalue weighted by Gasteiger charge is -2.42. The Hall–Kier alpha value is -0.233. The Bertz CT molecular complexity index is 450. The Balaban J connectivity index is 1.69. The summed E-state index contributed by atoms with van der Waals surface area (Å²) in [5.74, 6) is 0.184. The molecule has 0 aromatic rings. The summed E-state index contributed by atoms with van der Waals surface area (Å²) in [7, 11) is -1.73. The smallest absolute Gasteiger partial charge is 0.192 e. The van der Waals surface area contributed by atoms with E-state index in [1.165, 1.54) is 0 Å². The van der Waals surface area contributed by atoms with Gasteiger partial charge < -0.3 is 18.7 Å². The van der Waals surface area contributed by atoms with Crippen LogP contribution in [0.4, 0.5) is 0 Å². The number of hydrogen-bond donors (Lipinski definition) is 0. The maximum Gasteiger partial charge on any atom is 0.192 e. The third-order valence-corrected chi connectivity index (χ3v) is 11.2.